The summed E-state index contributed by atoms with van der Waals surface area (Å²) in [7, 11) is 0. The van der Waals surface area contributed by atoms with Crippen LogP contribution in [0.1, 0.15) is 96.8 Å². The molecule has 2 N–H and O–H groups in total. The van der Waals surface area contributed by atoms with Gasteiger partial charge in [-0.25, -0.2) is 0 Å². The summed E-state index contributed by atoms with van der Waals surface area (Å²) in [5, 5.41) is 12.2. The molecule has 0 spiro atoms. The van der Waals surface area contributed by atoms with Gasteiger partial charge in [0.05, 0.1) is 0 Å². The van der Waals surface area contributed by atoms with E-state index >= 15 is 0 Å². The topological polar surface area (TPSA) is 32.3 Å². The van der Waals surface area contributed by atoms with Crippen LogP contribution in [0.2, 0.25) is 0 Å². The summed E-state index contributed by atoms with van der Waals surface area (Å²) in [4.78, 5) is 0. The lowest BCUT2D eigenvalue weighted by Crippen LogP contribution is -2.16. The summed E-state index contributed by atoms with van der Waals surface area (Å²) in [6, 6.07) is 0. The SMILES string of the molecule is CCCCCCNCCCCCCCCCCCCO. The molecule has 0 aromatic carbocycles. The number of rotatable bonds is 17. The molecule has 20 heavy (non-hydrogen) atoms. The molecule has 0 rings (SSSR count). The molecule has 122 valence electrons. The van der Waals surface area contributed by atoms with Crippen molar-refractivity contribution in [2.75, 3.05) is 19.7 Å². The lowest BCUT2D eigenvalue weighted by Gasteiger charge is -2.05. The summed E-state index contributed by atoms with van der Waals surface area (Å²) in [5.74, 6) is 0. The highest BCUT2D eigenvalue weighted by Crippen LogP contribution is 2.10. The number of hydrogen-bond donors (Lipinski definition) is 2. The molecule has 2 heteroatoms. The van der Waals surface area contributed by atoms with E-state index < -0.39 is 0 Å². The smallest absolute Gasteiger partial charge is 0.0431 e. The van der Waals surface area contributed by atoms with Crippen molar-refractivity contribution in [1.82, 2.24) is 5.32 Å². The maximum absolute atomic E-state index is 8.68. The van der Waals surface area contributed by atoms with E-state index in [1.807, 2.05) is 0 Å². The molecule has 0 aliphatic rings. The van der Waals surface area contributed by atoms with Crippen LogP contribution in [0.5, 0.6) is 0 Å². The van der Waals surface area contributed by atoms with E-state index in [9.17, 15) is 0 Å². The first-order valence-electron chi connectivity index (χ1n) is 9.23. The molecule has 2 nitrogen and oxygen atoms in total. The summed E-state index contributed by atoms with van der Waals surface area (Å²) in [6.45, 7) is 5.07. The van der Waals surface area contributed by atoms with Crippen LogP contribution in [0.15, 0.2) is 0 Å². The number of aliphatic hydroxyl groups is 1. The van der Waals surface area contributed by atoms with E-state index in [0.717, 1.165) is 6.42 Å². The van der Waals surface area contributed by atoms with Gasteiger partial charge < -0.3 is 10.4 Å². The second-order valence-corrected chi connectivity index (χ2v) is 6.07. The molecule has 0 radical (unpaired) electrons. The molecule has 0 bridgehead atoms. The van der Waals surface area contributed by atoms with Gasteiger partial charge in [0.1, 0.15) is 0 Å². The Morgan fingerprint density at radius 1 is 0.550 bits per heavy atom. The normalized spacial score (nSPS) is 11.1. The van der Waals surface area contributed by atoms with Crippen molar-refractivity contribution in [2.24, 2.45) is 0 Å². The molecule has 0 amide bonds. The van der Waals surface area contributed by atoms with E-state index in [4.69, 9.17) is 5.11 Å². The molecular weight excluding hydrogens is 246 g/mol. The standard InChI is InChI=1S/C18H39NO/c1-2-3-4-13-16-19-17-14-11-9-7-5-6-8-10-12-15-18-20/h19-20H,2-18H2,1H3. The van der Waals surface area contributed by atoms with Crippen molar-refractivity contribution in [2.45, 2.75) is 96.8 Å². The third kappa shape index (κ3) is 17.9. The van der Waals surface area contributed by atoms with Crippen LogP contribution in [0.4, 0.5) is 0 Å². The fourth-order valence-corrected chi connectivity index (χ4v) is 2.58. The zero-order valence-corrected chi connectivity index (χ0v) is 14.0. The lowest BCUT2D eigenvalue weighted by atomic mass is 10.1. The Labute approximate surface area is 127 Å². The van der Waals surface area contributed by atoms with Crippen molar-refractivity contribution < 1.29 is 5.11 Å². The monoisotopic (exact) mass is 285 g/mol. The second-order valence-electron chi connectivity index (χ2n) is 6.07. The first-order valence-corrected chi connectivity index (χ1v) is 9.23. The first kappa shape index (κ1) is 19.9. The Morgan fingerprint density at radius 2 is 0.950 bits per heavy atom. The predicted octanol–water partition coefficient (Wildman–Crippen LogP) is 5.05. The third-order valence-electron chi connectivity index (χ3n) is 3.97. The summed E-state index contributed by atoms with van der Waals surface area (Å²) in [6.07, 6.45) is 18.7. The van der Waals surface area contributed by atoms with Crippen molar-refractivity contribution >= 4 is 0 Å². The van der Waals surface area contributed by atoms with E-state index in [1.54, 1.807) is 0 Å². The maximum atomic E-state index is 8.68. The van der Waals surface area contributed by atoms with Gasteiger partial charge in [-0.1, -0.05) is 77.6 Å². The van der Waals surface area contributed by atoms with Gasteiger partial charge in [-0.2, -0.15) is 0 Å². The van der Waals surface area contributed by atoms with Gasteiger partial charge in [-0.15, -0.1) is 0 Å². The highest BCUT2D eigenvalue weighted by atomic mass is 16.2. The van der Waals surface area contributed by atoms with E-state index in [0.29, 0.717) is 6.61 Å². The largest absolute Gasteiger partial charge is 0.396 e. The Kier molecular flexibility index (Phi) is 18.8. The molecular formula is C18H39NO. The van der Waals surface area contributed by atoms with Crippen LogP contribution in [0, 0.1) is 0 Å². The van der Waals surface area contributed by atoms with Crippen LogP contribution >= 0.6 is 0 Å². The number of nitrogens with one attached hydrogen (secondary N) is 1. The number of hydrogen-bond acceptors (Lipinski definition) is 2. The van der Waals surface area contributed by atoms with Gasteiger partial charge in [0, 0.05) is 6.61 Å². The van der Waals surface area contributed by atoms with Crippen LogP contribution < -0.4 is 5.32 Å². The van der Waals surface area contributed by atoms with Crippen molar-refractivity contribution in [3.05, 3.63) is 0 Å². The molecule has 0 aromatic heterocycles. The highest BCUT2D eigenvalue weighted by Gasteiger charge is 1.93. The quantitative estimate of drug-likeness (QED) is 0.367. The zero-order valence-electron chi connectivity index (χ0n) is 14.0. The maximum Gasteiger partial charge on any atom is 0.0431 e. The number of aliphatic hydroxyl groups excluding tert-OH is 1. The van der Waals surface area contributed by atoms with Crippen LogP contribution in [-0.2, 0) is 0 Å². The molecule has 0 aromatic rings. The minimum Gasteiger partial charge on any atom is -0.396 e. The molecule has 0 unspecified atom stereocenters. The van der Waals surface area contributed by atoms with Gasteiger partial charge in [0.25, 0.3) is 0 Å². The predicted molar refractivity (Wildman–Crippen MR) is 90.3 cm³/mol. The van der Waals surface area contributed by atoms with Gasteiger partial charge in [0.2, 0.25) is 0 Å². The van der Waals surface area contributed by atoms with Crippen LogP contribution in [-0.4, -0.2) is 24.8 Å². The fraction of sp³-hybridized carbons (Fsp3) is 1.00. The van der Waals surface area contributed by atoms with Crippen molar-refractivity contribution in [3.8, 4) is 0 Å². The van der Waals surface area contributed by atoms with Crippen molar-refractivity contribution in [3.63, 3.8) is 0 Å². The summed E-state index contributed by atoms with van der Waals surface area (Å²) < 4.78 is 0. The van der Waals surface area contributed by atoms with E-state index in [2.05, 4.69) is 12.2 Å². The van der Waals surface area contributed by atoms with Crippen molar-refractivity contribution in [1.29, 1.82) is 0 Å². The molecule has 0 aliphatic heterocycles. The Hall–Kier alpha value is -0.0800. The lowest BCUT2D eigenvalue weighted by molar-refractivity contribution is 0.282. The second kappa shape index (κ2) is 18.9. The minimum atomic E-state index is 0.368. The Bertz CT molecular complexity index is 143. The molecule has 0 fully saturated rings. The minimum absolute atomic E-state index is 0.368. The highest BCUT2D eigenvalue weighted by molar-refractivity contribution is 4.51. The fourth-order valence-electron chi connectivity index (χ4n) is 2.58. The molecule has 0 heterocycles. The van der Waals surface area contributed by atoms with E-state index in [1.165, 1.54) is 96.6 Å². The molecule has 0 saturated carbocycles. The first-order chi connectivity index (χ1) is 9.91. The average molecular weight is 286 g/mol. The van der Waals surface area contributed by atoms with Gasteiger partial charge >= 0.3 is 0 Å². The molecule has 0 aliphatic carbocycles. The molecule has 0 saturated heterocycles. The Balaban J connectivity index is 2.89. The van der Waals surface area contributed by atoms with Gasteiger partial charge in [-0.05, 0) is 32.4 Å². The Morgan fingerprint density at radius 3 is 1.40 bits per heavy atom. The van der Waals surface area contributed by atoms with Crippen LogP contribution in [0.3, 0.4) is 0 Å². The van der Waals surface area contributed by atoms with E-state index in [-0.39, 0.29) is 0 Å². The molecule has 0 atom stereocenters. The zero-order chi connectivity index (χ0) is 14.7. The van der Waals surface area contributed by atoms with Crippen LogP contribution in [0.25, 0.3) is 0 Å². The average Bonchev–Trinajstić information content (AvgIpc) is 2.47. The third-order valence-corrected chi connectivity index (χ3v) is 3.97. The summed E-state index contributed by atoms with van der Waals surface area (Å²) in [5.41, 5.74) is 0. The number of unbranched alkanes of at least 4 members (excludes halogenated alkanes) is 12. The van der Waals surface area contributed by atoms with Gasteiger partial charge in [0.15, 0.2) is 0 Å². The summed E-state index contributed by atoms with van der Waals surface area (Å²) >= 11 is 0. The van der Waals surface area contributed by atoms with Gasteiger partial charge in [-0.3, -0.25) is 0 Å².